The van der Waals surface area contributed by atoms with Crippen molar-refractivity contribution in [3.8, 4) is 0 Å². The molecule has 4 rings (SSSR count). The zero-order valence-corrected chi connectivity index (χ0v) is 20.6. The van der Waals surface area contributed by atoms with E-state index in [1.54, 1.807) is 16.7 Å². The molecule has 1 fully saturated rings. The van der Waals surface area contributed by atoms with Crippen molar-refractivity contribution in [2.75, 3.05) is 29.1 Å². The first-order valence-corrected chi connectivity index (χ1v) is 13.0. The summed E-state index contributed by atoms with van der Waals surface area (Å²) in [6.07, 6.45) is 4.32. The molecule has 2 aromatic heterocycles. The van der Waals surface area contributed by atoms with Crippen molar-refractivity contribution >= 4 is 61.8 Å². The van der Waals surface area contributed by atoms with Crippen LogP contribution < -0.4 is 15.8 Å². The zero-order valence-electron chi connectivity index (χ0n) is 18.2. The molecule has 0 unspecified atom stereocenters. The lowest BCUT2D eigenvalue weighted by atomic mass is 10.1. The molecule has 10 heteroatoms. The fourth-order valence-corrected chi connectivity index (χ4v) is 5.67. The lowest BCUT2D eigenvalue weighted by Gasteiger charge is -2.25. The molecule has 32 heavy (non-hydrogen) atoms. The van der Waals surface area contributed by atoms with Gasteiger partial charge in [0.1, 0.15) is 4.70 Å². The first-order chi connectivity index (χ1) is 15.5. The highest BCUT2D eigenvalue weighted by molar-refractivity contribution is 7.99. The molecule has 0 aliphatic carbocycles. The van der Waals surface area contributed by atoms with E-state index < -0.39 is 0 Å². The number of hydrogen-bond donors (Lipinski definition) is 1. The van der Waals surface area contributed by atoms with Crippen LogP contribution >= 0.6 is 34.7 Å². The molecule has 0 atom stereocenters. The number of carbonyl (C=O) groups is 1. The van der Waals surface area contributed by atoms with Gasteiger partial charge in [0.25, 0.3) is 5.56 Å². The van der Waals surface area contributed by atoms with Crippen molar-refractivity contribution in [3.63, 3.8) is 0 Å². The molecule has 1 amide bonds. The number of amides is 1. The minimum Gasteiger partial charge on any atom is -0.348 e. The van der Waals surface area contributed by atoms with Gasteiger partial charge in [-0.05, 0) is 50.3 Å². The van der Waals surface area contributed by atoms with E-state index in [1.807, 2.05) is 19.9 Å². The Kier molecular flexibility index (Phi) is 7.37. The van der Waals surface area contributed by atoms with E-state index in [0.717, 1.165) is 43.0 Å². The fraction of sp³-hybridized carbons (Fsp3) is 0.455. The third-order valence-corrected chi connectivity index (χ3v) is 7.65. The summed E-state index contributed by atoms with van der Waals surface area (Å²) in [7, 11) is 0. The van der Waals surface area contributed by atoms with Gasteiger partial charge in [0.05, 0.1) is 5.75 Å². The molecule has 0 radical (unpaired) electrons. The number of anilines is 2. The minimum absolute atomic E-state index is 0.0776. The molecule has 7 nitrogen and oxygen atoms in total. The fourth-order valence-electron chi connectivity index (χ4n) is 3.67. The van der Waals surface area contributed by atoms with Crippen LogP contribution in [0.2, 0.25) is 5.02 Å². The average Bonchev–Trinajstić information content (AvgIpc) is 3.22. The number of thiazole rings is 1. The second-order valence-corrected chi connectivity index (χ2v) is 10.2. The summed E-state index contributed by atoms with van der Waals surface area (Å²) in [6, 6.07) is 5.38. The first kappa shape index (κ1) is 23.1. The number of thioether (sulfide) groups is 1. The quantitative estimate of drug-likeness (QED) is 0.372. The number of nitrogens with zero attached hydrogens (tertiary/aromatic N) is 4. The van der Waals surface area contributed by atoms with Crippen molar-refractivity contribution in [1.29, 1.82) is 0 Å². The van der Waals surface area contributed by atoms with Crippen LogP contribution in [0, 0.1) is 6.92 Å². The Labute approximate surface area is 200 Å². The molecule has 170 valence electrons. The molecule has 1 N–H and O–H groups in total. The minimum atomic E-state index is -0.176. The number of hydrogen-bond acceptors (Lipinski definition) is 7. The normalized spacial score (nSPS) is 14.2. The highest BCUT2D eigenvalue weighted by Crippen LogP contribution is 2.29. The van der Waals surface area contributed by atoms with Crippen LogP contribution in [0.4, 0.5) is 10.8 Å². The Morgan fingerprint density at radius 1 is 1.25 bits per heavy atom. The van der Waals surface area contributed by atoms with Crippen molar-refractivity contribution in [2.45, 2.75) is 51.2 Å². The number of carbonyl (C=O) groups excluding carboxylic acids is 1. The van der Waals surface area contributed by atoms with Gasteiger partial charge in [-0.2, -0.15) is 4.98 Å². The summed E-state index contributed by atoms with van der Waals surface area (Å²) in [6.45, 7) is 6.42. The van der Waals surface area contributed by atoms with Gasteiger partial charge in [0, 0.05) is 30.3 Å². The van der Waals surface area contributed by atoms with Crippen LogP contribution in [0.25, 0.3) is 10.3 Å². The Hall–Kier alpha value is -2.10. The number of aromatic nitrogens is 3. The molecule has 0 bridgehead atoms. The predicted octanol–water partition coefficient (Wildman–Crippen LogP) is 4.95. The van der Waals surface area contributed by atoms with E-state index in [1.165, 1.54) is 29.5 Å². The third-order valence-electron chi connectivity index (χ3n) is 5.35. The average molecular weight is 492 g/mol. The summed E-state index contributed by atoms with van der Waals surface area (Å²) in [5, 5.41) is 4.85. The standard InChI is InChI=1S/C22H26ClN5O2S2/c1-3-9-28-20(30)18-19(25-21(32-18)27-10-5-4-6-11-27)26-22(28)31-13-17(29)24-16-12-15(23)8-7-14(16)2/h7-8,12H,3-6,9-11,13H2,1-2H3,(H,24,29). The Morgan fingerprint density at radius 2 is 2.03 bits per heavy atom. The van der Waals surface area contributed by atoms with Crippen LogP contribution in [-0.2, 0) is 11.3 Å². The number of nitrogens with one attached hydrogen (secondary N) is 1. The molecule has 3 heterocycles. The van der Waals surface area contributed by atoms with E-state index in [9.17, 15) is 9.59 Å². The van der Waals surface area contributed by atoms with Gasteiger partial charge < -0.3 is 10.2 Å². The van der Waals surface area contributed by atoms with Gasteiger partial charge >= 0.3 is 0 Å². The number of benzene rings is 1. The van der Waals surface area contributed by atoms with Gasteiger partial charge in [-0.15, -0.1) is 0 Å². The summed E-state index contributed by atoms with van der Waals surface area (Å²) in [5.41, 5.74) is 2.01. The smallest absolute Gasteiger partial charge is 0.273 e. The summed E-state index contributed by atoms with van der Waals surface area (Å²) in [4.78, 5) is 37.4. The Morgan fingerprint density at radius 3 is 2.78 bits per heavy atom. The van der Waals surface area contributed by atoms with Gasteiger partial charge in [-0.3, -0.25) is 14.2 Å². The molecule has 1 aliphatic rings. The Bertz CT molecular complexity index is 1190. The van der Waals surface area contributed by atoms with E-state index >= 15 is 0 Å². The van der Waals surface area contributed by atoms with E-state index in [-0.39, 0.29) is 17.2 Å². The number of rotatable bonds is 7. The van der Waals surface area contributed by atoms with Gasteiger partial charge in [-0.1, -0.05) is 47.7 Å². The SMILES string of the molecule is CCCn1c(SCC(=O)Nc2cc(Cl)ccc2C)nc2nc(N3CCCCC3)sc2c1=O. The van der Waals surface area contributed by atoms with Gasteiger partial charge in [0.2, 0.25) is 5.91 Å². The van der Waals surface area contributed by atoms with Crippen LogP contribution in [0.5, 0.6) is 0 Å². The van der Waals surface area contributed by atoms with Crippen LogP contribution in [0.1, 0.15) is 38.2 Å². The van der Waals surface area contributed by atoms with Gasteiger partial charge in [-0.25, -0.2) is 4.98 Å². The number of fused-ring (bicyclic) bond motifs is 1. The van der Waals surface area contributed by atoms with Crippen LogP contribution in [0.3, 0.4) is 0 Å². The van der Waals surface area contributed by atoms with Crippen molar-refractivity contribution in [2.24, 2.45) is 0 Å². The first-order valence-electron chi connectivity index (χ1n) is 10.8. The summed E-state index contributed by atoms with van der Waals surface area (Å²) in [5.74, 6) is -0.0402. The molecule has 1 saturated heterocycles. The monoisotopic (exact) mass is 491 g/mol. The topological polar surface area (TPSA) is 80.1 Å². The molecular weight excluding hydrogens is 466 g/mol. The zero-order chi connectivity index (χ0) is 22.7. The van der Waals surface area contributed by atoms with Crippen molar-refractivity contribution in [1.82, 2.24) is 14.5 Å². The molecule has 1 aromatic carbocycles. The maximum absolute atomic E-state index is 13.2. The van der Waals surface area contributed by atoms with Crippen molar-refractivity contribution in [3.05, 3.63) is 39.1 Å². The number of piperidine rings is 1. The third kappa shape index (κ3) is 5.10. The predicted molar refractivity (Wildman–Crippen MR) is 134 cm³/mol. The van der Waals surface area contributed by atoms with E-state index in [0.29, 0.717) is 32.8 Å². The Balaban J connectivity index is 1.56. The summed E-state index contributed by atoms with van der Waals surface area (Å²) < 4.78 is 2.26. The highest BCUT2D eigenvalue weighted by Gasteiger charge is 2.20. The summed E-state index contributed by atoms with van der Waals surface area (Å²) >= 11 is 8.73. The van der Waals surface area contributed by atoms with Crippen molar-refractivity contribution < 1.29 is 4.79 Å². The molecule has 0 spiro atoms. The molecule has 0 saturated carbocycles. The highest BCUT2D eigenvalue weighted by atomic mass is 35.5. The largest absolute Gasteiger partial charge is 0.348 e. The van der Waals surface area contributed by atoms with Crippen LogP contribution in [0.15, 0.2) is 28.2 Å². The van der Waals surface area contributed by atoms with E-state index in [4.69, 9.17) is 11.6 Å². The molecule has 1 aliphatic heterocycles. The lowest BCUT2D eigenvalue weighted by Crippen LogP contribution is -2.29. The van der Waals surface area contributed by atoms with E-state index in [2.05, 4.69) is 20.2 Å². The second-order valence-electron chi connectivity index (χ2n) is 7.84. The molecule has 3 aromatic rings. The maximum Gasteiger partial charge on any atom is 0.273 e. The lowest BCUT2D eigenvalue weighted by molar-refractivity contribution is -0.113. The number of halogens is 1. The second kappa shape index (κ2) is 10.2. The van der Waals surface area contributed by atoms with Crippen LogP contribution in [-0.4, -0.2) is 39.3 Å². The number of aryl methyl sites for hydroxylation is 1. The van der Waals surface area contributed by atoms with Gasteiger partial charge in [0.15, 0.2) is 15.9 Å². The maximum atomic E-state index is 13.2. The molecular formula is C22H26ClN5O2S2.